The lowest BCUT2D eigenvalue weighted by Gasteiger charge is -2.36. The van der Waals surface area contributed by atoms with E-state index >= 15 is 0 Å². The topological polar surface area (TPSA) is 80.2 Å². The van der Waals surface area contributed by atoms with Crippen LogP contribution in [0, 0.1) is 11.3 Å². The van der Waals surface area contributed by atoms with E-state index in [1.165, 1.54) is 6.07 Å². The molecule has 2 rings (SSSR count). The van der Waals surface area contributed by atoms with E-state index in [2.05, 4.69) is 22.9 Å². The second-order valence-corrected chi connectivity index (χ2v) is 5.19. The summed E-state index contributed by atoms with van der Waals surface area (Å²) >= 11 is 0. The van der Waals surface area contributed by atoms with E-state index in [9.17, 15) is 14.9 Å². The van der Waals surface area contributed by atoms with Crippen molar-refractivity contribution in [1.29, 1.82) is 5.26 Å². The molecular formula is C15H20N4O2. The van der Waals surface area contributed by atoms with Gasteiger partial charge in [0.1, 0.15) is 5.69 Å². The van der Waals surface area contributed by atoms with E-state index < -0.39 is 0 Å². The van der Waals surface area contributed by atoms with Crippen LogP contribution in [0.1, 0.15) is 30.3 Å². The van der Waals surface area contributed by atoms with Crippen LogP contribution in [0.15, 0.2) is 23.0 Å². The van der Waals surface area contributed by atoms with Gasteiger partial charge in [0.25, 0.3) is 5.91 Å². The molecule has 1 N–H and O–H groups in total. The van der Waals surface area contributed by atoms with Crippen molar-refractivity contribution in [3.05, 3.63) is 34.2 Å². The minimum Gasteiger partial charge on any atom is -0.335 e. The summed E-state index contributed by atoms with van der Waals surface area (Å²) in [5, 5.41) is 9.18. The third-order valence-corrected chi connectivity index (χ3v) is 3.75. The number of carbonyl (C=O) groups is 1. The van der Waals surface area contributed by atoms with Crippen molar-refractivity contribution < 1.29 is 4.79 Å². The molecule has 0 saturated carbocycles. The first kappa shape index (κ1) is 15.3. The molecule has 6 nitrogen and oxygen atoms in total. The van der Waals surface area contributed by atoms with Gasteiger partial charge in [0.2, 0.25) is 5.56 Å². The number of nitrogens with one attached hydrogen (secondary N) is 1. The van der Waals surface area contributed by atoms with Gasteiger partial charge in [-0.1, -0.05) is 19.4 Å². The van der Waals surface area contributed by atoms with E-state index in [1.807, 2.05) is 0 Å². The molecule has 1 saturated heterocycles. The molecule has 1 aromatic heterocycles. The Morgan fingerprint density at radius 3 is 2.67 bits per heavy atom. The van der Waals surface area contributed by atoms with Crippen LogP contribution < -0.4 is 5.56 Å². The maximum atomic E-state index is 12.3. The monoisotopic (exact) mass is 288 g/mol. The van der Waals surface area contributed by atoms with Gasteiger partial charge in [0.15, 0.2) is 0 Å². The fraction of sp³-hybridized carbons (Fsp3) is 0.533. The predicted octanol–water partition coefficient (Wildman–Crippen LogP) is 0.825. The summed E-state index contributed by atoms with van der Waals surface area (Å²) in [7, 11) is 0. The molecule has 1 unspecified atom stereocenters. The van der Waals surface area contributed by atoms with Gasteiger partial charge in [-0.3, -0.25) is 14.5 Å². The zero-order valence-electron chi connectivity index (χ0n) is 12.2. The predicted molar refractivity (Wildman–Crippen MR) is 78.8 cm³/mol. The number of carbonyl (C=O) groups excluding carboxylic acids is 1. The van der Waals surface area contributed by atoms with Crippen LogP contribution in [0.4, 0.5) is 0 Å². The van der Waals surface area contributed by atoms with Gasteiger partial charge >= 0.3 is 0 Å². The van der Waals surface area contributed by atoms with Gasteiger partial charge in [0.05, 0.1) is 12.1 Å². The van der Waals surface area contributed by atoms with Crippen molar-refractivity contribution in [2.45, 2.75) is 25.8 Å². The lowest BCUT2D eigenvalue weighted by Crippen LogP contribution is -2.51. The van der Waals surface area contributed by atoms with Crippen molar-refractivity contribution in [1.82, 2.24) is 14.8 Å². The zero-order chi connectivity index (χ0) is 15.2. The third kappa shape index (κ3) is 3.70. The molecule has 1 fully saturated rings. The van der Waals surface area contributed by atoms with Crippen molar-refractivity contribution in [3.8, 4) is 6.07 Å². The van der Waals surface area contributed by atoms with E-state index in [0.717, 1.165) is 12.8 Å². The highest BCUT2D eigenvalue weighted by atomic mass is 16.2. The quantitative estimate of drug-likeness (QED) is 0.889. The number of H-pyrrole nitrogens is 1. The van der Waals surface area contributed by atoms with Gasteiger partial charge in [-0.25, -0.2) is 0 Å². The average Bonchev–Trinajstić information content (AvgIpc) is 2.52. The molecule has 1 aliphatic rings. The zero-order valence-corrected chi connectivity index (χ0v) is 12.2. The van der Waals surface area contributed by atoms with Gasteiger partial charge in [-0.15, -0.1) is 0 Å². The first-order chi connectivity index (χ1) is 10.2. The van der Waals surface area contributed by atoms with Gasteiger partial charge in [-0.05, 0) is 12.5 Å². The van der Waals surface area contributed by atoms with E-state index in [4.69, 9.17) is 0 Å². The summed E-state index contributed by atoms with van der Waals surface area (Å²) < 4.78 is 0. The molecule has 0 aliphatic carbocycles. The fourth-order valence-corrected chi connectivity index (χ4v) is 2.58. The largest absolute Gasteiger partial charge is 0.335 e. The van der Waals surface area contributed by atoms with Crippen molar-refractivity contribution in [2.24, 2.45) is 0 Å². The standard InChI is InChI=1S/C15H20N4O2/c1-2-4-12(11-16)18-7-9-19(10-8-18)15(21)13-5-3-6-14(20)17-13/h3,5-6,12H,2,4,7-10H2,1H3,(H,17,20). The number of hydrogen-bond donors (Lipinski definition) is 1. The van der Waals surface area contributed by atoms with Gasteiger partial charge in [-0.2, -0.15) is 5.26 Å². The minimum absolute atomic E-state index is 0.0659. The Balaban J connectivity index is 1.96. The Bertz CT molecular complexity index is 582. The highest BCUT2D eigenvalue weighted by molar-refractivity contribution is 5.92. The fourth-order valence-electron chi connectivity index (χ4n) is 2.58. The lowest BCUT2D eigenvalue weighted by molar-refractivity contribution is 0.0595. The Hall–Kier alpha value is -2.13. The third-order valence-electron chi connectivity index (χ3n) is 3.75. The molecule has 21 heavy (non-hydrogen) atoms. The number of piperazine rings is 1. The molecule has 2 heterocycles. The summed E-state index contributed by atoms with van der Waals surface area (Å²) in [6.45, 7) is 4.62. The number of nitriles is 1. The summed E-state index contributed by atoms with van der Waals surface area (Å²) in [6.07, 6.45) is 1.83. The molecule has 1 amide bonds. The molecule has 112 valence electrons. The molecule has 6 heteroatoms. The molecule has 0 spiro atoms. The van der Waals surface area contributed by atoms with Gasteiger partial charge in [0, 0.05) is 32.2 Å². The molecular weight excluding hydrogens is 268 g/mol. The Labute approximate surface area is 124 Å². The van der Waals surface area contributed by atoms with Crippen LogP contribution in [-0.2, 0) is 0 Å². The lowest BCUT2D eigenvalue weighted by atomic mass is 10.1. The molecule has 1 atom stereocenters. The maximum Gasteiger partial charge on any atom is 0.270 e. The first-order valence-corrected chi connectivity index (χ1v) is 7.28. The van der Waals surface area contributed by atoms with E-state index in [0.29, 0.717) is 31.9 Å². The van der Waals surface area contributed by atoms with Gasteiger partial charge < -0.3 is 9.88 Å². The van der Waals surface area contributed by atoms with Crippen LogP contribution in [-0.4, -0.2) is 52.9 Å². The second kappa shape index (κ2) is 7.04. The van der Waals surface area contributed by atoms with Crippen molar-refractivity contribution in [3.63, 3.8) is 0 Å². The SMILES string of the molecule is CCCC(C#N)N1CCN(C(=O)c2cccc(=O)[nH]2)CC1. The number of aromatic nitrogens is 1. The van der Waals surface area contributed by atoms with E-state index in [-0.39, 0.29) is 17.5 Å². The Morgan fingerprint density at radius 1 is 1.38 bits per heavy atom. The number of hydrogen-bond acceptors (Lipinski definition) is 4. The molecule has 1 aliphatic heterocycles. The van der Waals surface area contributed by atoms with E-state index in [1.54, 1.807) is 17.0 Å². The van der Waals surface area contributed by atoms with Crippen LogP contribution in [0.5, 0.6) is 0 Å². The summed E-state index contributed by atoms with van der Waals surface area (Å²) in [5.41, 5.74) is 0.0494. The Morgan fingerprint density at radius 2 is 2.10 bits per heavy atom. The normalized spacial score (nSPS) is 17.2. The highest BCUT2D eigenvalue weighted by Gasteiger charge is 2.26. The summed E-state index contributed by atoms with van der Waals surface area (Å²) in [4.78, 5) is 30.0. The summed E-state index contributed by atoms with van der Waals surface area (Å²) in [5.74, 6) is -0.156. The van der Waals surface area contributed by atoms with Crippen molar-refractivity contribution >= 4 is 5.91 Å². The number of rotatable bonds is 4. The number of nitrogens with zero attached hydrogens (tertiary/aromatic N) is 3. The van der Waals surface area contributed by atoms with Crippen LogP contribution in [0.3, 0.4) is 0 Å². The first-order valence-electron chi connectivity index (χ1n) is 7.28. The number of amides is 1. The minimum atomic E-state index is -0.271. The van der Waals surface area contributed by atoms with Crippen LogP contribution >= 0.6 is 0 Å². The van der Waals surface area contributed by atoms with Crippen LogP contribution in [0.2, 0.25) is 0 Å². The number of aromatic amines is 1. The maximum absolute atomic E-state index is 12.3. The van der Waals surface area contributed by atoms with Crippen LogP contribution in [0.25, 0.3) is 0 Å². The van der Waals surface area contributed by atoms with Crippen molar-refractivity contribution in [2.75, 3.05) is 26.2 Å². The highest BCUT2D eigenvalue weighted by Crippen LogP contribution is 2.12. The average molecular weight is 288 g/mol. The molecule has 0 radical (unpaired) electrons. The number of pyridine rings is 1. The summed E-state index contributed by atoms with van der Waals surface area (Å²) in [6, 6.07) is 6.85. The Kier molecular flexibility index (Phi) is 5.12. The molecule has 0 bridgehead atoms. The molecule has 1 aromatic rings. The smallest absolute Gasteiger partial charge is 0.270 e. The molecule has 0 aromatic carbocycles. The second-order valence-electron chi connectivity index (χ2n) is 5.19.